The quantitative estimate of drug-likeness (QED) is 0.377. The molecule has 0 aliphatic carbocycles. The molecule has 6 rings (SSSR count). The number of imidazole rings is 1. The number of aryl methyl sites for hydroxylation is 1. The fourth-order valence-electron chi connectivity index (χ4n) is 5.83. The maximum Gasteiger partial charge on any atom is 0.407 e. The second-order valence-corrected chi connectivity index (χ2v) is 10.1. The summed E-state index contributed by atoms with van der Waals surface area (Å²) in [5, 5.41) is 18.9. The van der Waals surface area contributed by atoms with Crippen LogP contribution in [0.1, 0.15) is 42.5 Å². The Morgan fingerprint density at radius 3 is 2.62 bits per heavy atom. The predicted molar refractivity (Wildman–Crippen MR) is 140 cm³/mol. The van der Waals surface area contributed by atoms with Crippen LogP contribution >= 0.6 is 0 Å². The molecule has 12 heteroatoms. The van der Waals surface area contributed by atoms with E-state index in [1.54, 1.807) is 40.8 Å². The van der Waals surface area contributed by atoms with Crippen LogP contribution in [0.25, 0.3) is 22.6 Å². The van der Waals surface area contributed by atoms with Gasteiger partial charge in [0, 0.05) is 54.5 Å². The van der Waals surface area contributed by atoms with E-state index in [2.05, 4.69) is 21.0 Å². The van der Waals surface area contributed by atoms with E-state index >= 15 is 4.39 Å². The number of rotatable bonds is 6. The molecule has 2 aliphatic rings. The Morgan fingerprint density at radius 1 is 1.18 bits per heavy atom. The normalized spacial score (nSPS) is 19.9. The fourth-order valence-corrected chi connectivity index (χ4v) is 5.83. The number of hydrogen-bond donors (Lipinski definition) is 1. The summed E-state index contributed by atoms with van der Waals surface area (Å²) in [4.78, 5) is 30.8. The summed E-state index contributed by atoms with van der Waals surface area (Å²) in [6.45, 7) is 1.88. The van der Waals surface area contributed by atoms with E-state index < -0.39 is 11.9 Å². The SMILES string of the molecule is COc1nc(C)c2nc(-c3cncc(C#N)c3)n(Cc3ccc(O[C@H]4C[C@H]5CC[C@@H](C4)N5C(=O)O)cc3F)c2n1. The van der Waals surface area contributed by atoms with Gasteiger partial charge in [-0.05, 0) is 31.9 Å². The molecule has 2 fully saturated rings. The van der Waals surface area contributed by atoms with Crippen molar-refractivity contribution in [2.24, 2.45) is 0 Å². The van der Waals surface area contributed by atoms with Gasteiger partial charge < -0.3 is 24.0 Å². The number of methoxy groups -OCH3 is 1. The topological polar surface area (TPSA) is 139 Å². The summed E-state index contributed by atoms with van der Waals surface area (Å²) in [5.41, 5.74) is 2.92. The zero-order valence-electron chi connectivity index (χ0n) is 21.9. The van der Waals surface area contributed by atoms with Crippen LogP contribution in [0.15, 0.2) is 36.7 Å². The number of piperidine rings is 1. The van der Waals surface area contributed by atoms with Gasteiger partial charge in [0.15, 0.2) is 5.65 Å². The van der Waals surface area contributed by atoms with Gasteiger partial charge in [0.1, 0.15) is 35.1 Å². The van der Waals surface area contributed by atoms with Crippen LogP contribution in [-0.4, -0.2) is 65.9 Å². The first-order valence-electron chi connectivity index (χ1n) is 12.9. The average molecular weight is 544 g/mol. The molecule has 11 nitrogen and oxygen atoms in total. The number of halogens is 1. The molecule has 0 unspecified atom stereocenters. The number of ether oxygens (including phenoxy) is 2. The molecule has 2 aliphatic heterocycles. The molecular formula is C28H26FN7O4. The van der Waals surface area contributed by atoms with Crippen molar-refractivity contribution in [1.29, 1.82) is 5.26 Å². The van der Waals surface area contributed by atoms with Gasteiger partial charge in [-0.25, -0.2) is 14.2 Å². The molecule has 0 radical (unpaired) electrons. The van der Waals surface area contributed by atoms with Crippen LogP contribution in [-0.2, 0) is 6.54 Å². The highest BCUT2D eigenvalue weighted by molar-refractivity contribution is 5.79. The number of pyridine rings is 1. The Hall–Kier alpha value is -4.79. The van der Waals surface area contributed by atoms with E-state index in [9.17, 15) is 15.2 Å². The Labute approximate surface area is 228 Å². The van der Waals surface area contributed by atoms with Gasteiger partial charge in [-0.2, -0.15) is 15.2 Å². The number of nitrogens with zero attached hydrogens (tertiary/aromatic N) is 7. The lowest BCUT2D eigenvalue weighted by Gasteiger charge is -2.37. The Balaban J connectivity index is 1.31. The van der Waals surface area contributed by atoms with Gasteiger partial charge in [0.05, 0.1) is 24.9 Å². The number of fused-ring (bicyclic) bond motifs is 3. The molecule has 2 bridgehead atoms. The molecule has 1 amide bonds. The smallest absolute Gasteiger partial charge is 0.407 e. The highest BCUT2D eigenvalue weighted by Gasteiger charge is 2.44. The molecular weight excluding hydrogens is 517 g/mol. The average Bonchev–Trinajstić information content (AvgIpc) is 3.45. The van der Waals surface area contributed by atoms with Crippen LogP contribution in [0.5, 0.6) is 11.8 Å². The summed E-state index contributed by atoms with van der Waals surface area (Å²) < 4.78 is 28.6. The number of hydrogen-bond acceptors (Lipinski definition) is 8. The number of aromatic nitrogens is 5. The lowest BCUT2D eigenvalue weighted by molar-refractivity contribution is 0.0495. The molecule has 204 valence electrons. The van der Waals surface area contributed by atoms with Crippen molar-refractivity contribution in [3.63, 3.8) is 0 Å². The van der Waals surface area contributed by atoms with E-state index in [4.69, 9.17) is 14.5 Å². The van der Waals surface area contributed by atoms with E-state index in [-0.39, 0.29) is 30.7 Å². The van der Waals surface area contributed by atoms with E-state index in [1.807, 2.05) is 0 Å². The second-order valence-electron chi connectivity index (χ2n) is 10.1. The van der Waals surface area contributed by atoms with Crippen LogP contribution in [0.2, 0.25) is 0 Å². The largest absolute Gasteiger partial charge is 0.490 e. The molecule has 0 spiro atoms. The lowest BCUT2D eigenvalue weighted by atomic mass is 10.00. The fraction of sp³-hybridized carbons (Fsp3) is 0.357. The monoisotopic (exact) mass is 543 g/mol. The zero-order valence-corrected chi connectivity index (χ0v) is 21.9. The van der Waals surface area contributed by atoms with Gasteiger partial charge >= 0.3 is 12.1 Å². The van der Waals surface area contributed by atoms with E-state index in [1.165, 1.54) is 19.4 Å². The summed E-state index contributed by atoms with van der Waals surface area (Å²) in [7, 11) is 1.47. The van der Waals surface area contributed by atoms with Crippen molar-refractivity contribution >= 4 is 17.3 Å². The van der Waals surface area contributed by atoms with Crippen molar-refractivity contribution in [2.45, 2.75) is 57.3 Å². The summed E-state index contributed by atoms with van der Waals surface area (Å²) >= 11 is 0. The number of benzene rings is 1. The maximum absolute atomic E-state index is 15.5. The predicted octanol–water partition coefficient (Wildman–Crippen LogP) is 4.32. The van der Waals surface area contributed by atoms with Gasteiger partial charge in [-0.15, -0.1) is 0 Å². The Morgan fingerprint density at radius 2 is 1.95 bits per heavy atom. The van der Waals surface area contributed by atoms with Crippen LogP contribution in [0, 0.1) is 24.1 Å². The van der Waals surface area contributed by atoms with E-state index in [0.717, 1.165) is 12.8 Å². The zero-order chi connectivity index (χ0) is 28.0. The first-order chi connectivity index (χ1) is 19.3. The van der Waals surface area contributed by atoms with Crippen molar-refractivity contribution in [3.05, 3.63) is 59.3 Å². The Kier molecular flexibility index (Phi) is 6.42. The van der Waals surface area contributed by atoms with Crippen molar-refractivity contribution in [3.8, 4) is 29.2 Å². The van der Waals surface area contributed by atoms with Gasteiger partial charge in [-0.3, -0.25) is 4.98 Å². The third kappa shape index (κ3) is 4.53. The third-order valence-corrected chi connectivity index (χ3v) is 7.62. The molecule has 1 aromatic carbocycles. The number of amides is 1. The van der Waals surface area contributed by atoms with E-state index in [0.29, 0.717) is 58.0 Å². The Bertz CT molecular complexity index is 1650. The van der Waals surface area contributed by atoms with Crippen molar-refractivity contribution < 1.29 is 23.8 Å². The minimum Gasteiger partial charge on any atom is -0.490 e. The molecule has 1 N–H and O–H groups in total. The van der Waals surface area contributed by atoms with Crippen molar-refractivity contribution in [2.75, 3.05) is 7.11 Å². The summed E-state index contributed by atoms with van der Waals surface area (Å²) in [5.74, 6) is 0.402. The minimum absolute atomic E-state index is 0.0604. The number of nitriles is 1. The first kappa shape index (κ1) is 25.5. The number of carboxylic acid groups (broad SMARTS) is 1. The van der Waals surface area contributed by atoms with Crippen LogP contribution in [0.4, 0.5) is 9.18 Å². The lowest BCUT2D eigenvalue weighted by Crippen LogP contribution is -2.48. The molecule has 5 heterocycles. The summed E-state index contributed by atoms with van der Waals surface area (Å²) in [6.07, 6.45) is 4.82. The third-order valence-electron chi connectivity index (χ3n) is 7.62. The highest BCUT2D eigenvalue weighted by atomic mass is 19.1. The van der Waals surface area contributed by atoms with Gasteiger partial charge in [0.2, 0.25) is 0 Å². The minimum atomic E-state index is -0.888. The van der Waals surface area contributed by atoms with Crippen molar-refractivity contribution in [1.82, 2.24) is 29.4 Å². The molecule has 4 aromatic rings. The molecule has 2 saturated heterocycles. The van der Waals surface area contributed by atoms with Gasteiger partial charge in [-0.1, -0.05) is 6.07 Å². The molecule has 0 saturated carbocycles. The molecule has 3 atom stereocenters. The maximum atomic E-state index is 15.5. The van der Waals surface area contributed by atoms with Crippen LogP contribution in [0.3, 0.4) is 0 Å². The number of carbonyl (C=O) groups is 1. The standard InChI is InChI=1S/C28H26FN7O4/c1-15-24-26(34-27(32-15)39-2)35(25(33-24)18-7-16(11-30)12-31-13-18)14-17-3-6-21(10-23(17)29)40-22-8-19-4-5-20(9-22)36(19)28(37)38/h3,6-7,10,12-13,19-20,22H,4-5,8-9,14H2,1-2H3,(H,37,38)/t19-,20+,22+. The summed E-state index contributed by atoms with van der Waals surface area (Å²) in [6, 6.07) is 8.54. The first-order valence-corrected chi connectivity index (χ1v) is 12.9. The molecule has 40 heavy (non-hydrogen) atoms. The highest BCUT2D eigenvalue weighted by Crippen LogP contribution is 2.37. The molecule has 3 aromatic heterocycles. The van der Waals surface area contributed by atoms with Crippen LogP contribution < -0.4 is 9.47 Å². The van der Waals surface area contributed by atoms with Gasteiger partial charge in [0.25, 0.3) is 0 Å². The second kappa shape index (κ2) is 10.1.